The molecule has 1 aliphatic rings. The van der Waals surface area contributed by atoms with Crippen molar-refractivity contribution in [1.29, 1.82) is 0 Å². The second kappa shape index (κ2) is 9.63. The number of methoxy groups -OCH3 is 2. The van der Waals surface area contributed by atoms with E-state index in [1.165, 1.54) is 12.7 Å². The van der Waals surface area contributed by atoms with Crippen LogP contribution in [-0.2, 0) is 11.3 Å². The van der Waals surface area contributed by atoms with Gasteiger partial charge in [0.25, 0.3) is 0 Å². The summed E-state index contributed by atoms with van der Waals surface area (Å²) >= 11 is 0. The maximum atomic E-state index is 12.5. The second-order valence-electron chi connectivity index (χ2n) is 7.93. The Bertz CT molecular complexity index is 1100. The van der Waals surface area contributed by atoms with E-state index >= 15 is 0 Å². The smallest absolute Gasteiger partial charge is 0.338 e. The Balaban J connectivity index is 0.00000289. The molecule has 0 saturated carbocycles. The van der Waals surface area contributed by atoms with Crippen molar-refractivity contribution in [1.82, 2.24) is 4.48 Å². The quantitative estimate of drug-likeness (QED) is 0.381. The number of carbonyl (C=O) groups is 1. The predicted octanol–water partition coefficient (Wildman–Crippen LogP) is 1.65. The lowest BCUT2D eigenvalue weighted by molar-refractivity contribution is -0.0000225. The fourth-order valence-corrected chi connectivity index (χ4v) is 3.93. The maximum absolute atomic E-state index is 12.5. The SMILES string of the molecule is COC(=O)c1cc2c(c(OC)c1-c1ccc([N+](C)(C)Cc3ccccc3)cc1)OCO2.[Br-]. The third kappa shape index (κ3) is 4.45. The Morgan fingerprint density at radius 3 is 2.31 bits per heavy atom. The van der Waals surface area contributed by atoms with E-state index in [2.05, 4.69) is 50.5 Å². The highest BCUT2D eigenvalue weighted by Gasteiger charge is 2.29. The van der Waals surface area contributed by atoms with E-state index in [9.17, 15) is 4.79 Å². The molecule has 0 fully saturated rings. The summed E-state index contributed by atoms with van der Waals surface area (Å²) in [6.45, 7) is 0.945. The van der Waals surface area contributed by atoms with E-state index in [-0.39, 0.29) is 23.8 Å². The predicted molar refractivity (Wildman–Crippen MR) is 120 cm³/mol. The largest absolute Gasteiger partial charge is 1.00 e. The van der Waals surface area contributed by atoms with Crippen molar-refractivity contribution in [2.75, 3.05) is 35.1 Å². The minimum absolute atomic E-state index is 0. The lowest BCUT2D eigenvalue weighted by Gasteiger charge is -2.29. The molecule has 1 aliphatic heterocycles. The topological polar surface area (TPSA) is 54.0 Å². The summed E-state index contributed by atoms with van der Waals surface area (Å²) in [5, 5.41) is 0. The first-order chi connectivity index (χ1) is 14.9. The number of hydrogen-bond donors (Lipinski definition) is 0. The van der Waals surface area contributed by atoms with Gasteiger partial charge in [0.1, 0.15) is 12.2 Å². The van der Waals surface area contributed by atoms with Crippen molar-refractivity contribution in [3.63, 3.8) is 0 Å². The van der Waals surface area contributed by atoms with Crippen LogP contribution in [0.25, 0.3) is 11.1 Å². The van der Waals surface area contributed by atoms with Gasteiger partial charge in [-0.1, -0.05) is 30.3 Å². The van der Waals surface area contributed by atoms with Gasteiger partial charge in [-0.2, -0.15) is 0 Å². The van der Waals surface area contributed by atoms with Gasteiger partial charge in [0.15, 0.2) is 11.5 Å². The monoisotopic (exact) mass is 499 g/mol. The van der Waals surface area contributed by atoms with E-state index in [4.69, 9.17) is 18.9 Å². The van der Waals surface area contributed by atoms with Gasteiger partial charge in [-0.25, -0.2) is 4.79 Å². The fraction of sp³-hybridized carbons (Fsp3) is 0.240. The molecule has 0 N–H and O–H groups in total. The molecule has 0 aromatic heterocycles. The highest BCUT2D eigenvalue weighted by molar-refractivity contribution is 6.01. The normalized spacial score (nSPS) is 12.1. The molecule has 3 aromatic carbocycles. The summed E-state index contributed by atoms with van der Waals surface area (Å²) in [6, 6.07) is 20.2. The molecule has 0 amide bonds. The number of carbonyl (C=O) groups excluding carboxylic acids is 1. The second-order valence-corrected chi connectivity index (χ2v) is 7.93. The lowest BCUT2D eigenvalue weighted by atomic mass is 9.96. The Hall–Kier alpha value is -3.03. The number of benzene rings is 3. The van der Waals surface area contributed by atoms with Gasteiger partial charge in [-0.3, -0.25) is 4.48 Å². The maximum Gasteiger partial charge on any atom is 0.338 e. The van der Waals surface area contributed by atoms with Gasteiger partial charge in [0.05, 0.1) is 33.9 Å². The minimum atomic E-state index is -0.462. The summed E-state index contributed by atoms with van der Waals surface area (Å²) in [7, 11) is 7.25. The lowest BCUT2D eigenvalue weighted by Crippen LogP contribution is -3.00. The van der Waals surface area contributed by atoms with Gasteiger partial charge >= 0.3 is 5.97 Å². The van der Waals surface area contributed by atoms with Gasteiger partial charge in [0, 0.05) is 11.1 Å². The highest BCUT2D eigenvalue weighted by Crippen LogP contribution is 2.49. The van der Waals surface area contributed by atoms with Crippen LogP contribution in [-0.4, -0.2) is 41.1 Å². The summed E-state index contributed by atoms with van der Waals surface area (Å²) in [5.41, 5.74) is 4.24. The third-order valence-electron chi connectivity index (χ3n) is 5.50. The van der Waals surface area contributed by atoms with E-state index in [1.807, 2.05) is 18.2 Å². The van der Waals surface area contributed by atoms with Gasteiger partial charge < -0.3 is 35.9 Å². The molecule has 0 radical (unpaired) electrons. The first kappa shape index (κ1) is 23.6. The fourth-order valence-electron chi connectivity index (χ4n) is 3.93. The molecule has 0 spiro atoms. The number of hydrogen-bond acceptors (Lipinski definition) is 5. The molecule has 32 heavy (non-hydrogen) atoms. The van der Waals surface area contributed by atoms with Gasteiger partial charge in [-0.05, 0) is 35.9 Å². The Kier molecular flexibility index (Phi) is 7.11. The zero-order chi connectivity index (χ0) is 22.0. The summed E-state index contributed by atoms with van der Waals surface area (Å²) in [6.07, 6.45) is 0. The van der Waals surface area contributed by atoms with E-state index in [0.29, 0.717) is 32.9 Å². The first-order valence-electron chi connectivity index (χ1n) is 10.0. The Morgan fingerprint density at radius 1 is 1.00 bits per heavy atom. The number of rotatable bonds is 6. The Morgan fingerprint density at radius 2 is 1.69 bits per heavy atom. The van der Waals surface area contributed by atoms with Crippen LogP contribution in [0.4, 0.5) is 5.69 Å². The average Bonchev–Trinajstić information content (AvgIpc) is 3.26. The van der Waals surface area contributed by atoms with Gasteiger partial charge in [-0.15, -0.1) is 0 Å². The van der Waals surface area contributed by atoms with Crippen molar-refractivity contribution in [3.8, 4) is 28.4 Å². The summed E-state index contributed by atoms with van der Waals surface area (Å²) < 4.78 is 22.4. The third-order valence-corrected chi connectivity index (χ3v) is 5.50. The van der Waals surface area contributed by atoms with Crippen molar-refractivity contribution >= 4 is 11.7 Å². The molecular weight excluding hydrogens is 474 g/mol. The number of esters is 1. The van der Waals surface area contributed by atoms with Crippen LogP contribution in [0.1, 0.15) is 15.9 Å². The average molecular weight is 500 g/mol. The molecule has 0 bridgehead atoms. The molecule has 0 atom stereocenters. The van der Waals surface area contributed by atoms with Crippen LogP contribution < -0.4 is 35.7 Å². The molecule has 6 nitrogen and oxygen atoms in total. The molecule has 3 aromatic rings. The van der Waals surface area contributed by atoms with Crippen LogP contribution in [0.15, 0.2) is 60.7 Å². The van der Waals surface area contributed by atoms with Crippen molar-refractivity contribution < 1.29 is 40.7 Å². The van der Waals surface area contributed by atoms with Crippen molar-refractivity contribution in [2.45, 2.75) is 6.54 Å². The molecule has 168 valence electrons. The van der Waals surface area contributed by atoms with Gasteiger partial charge in [0.2, 0.25) is 12.5 Å². The minimum Gasteiger partial charge on any atom is -1.00 e. The highest BCUT2D eigenvalue weighted by atomic mass is 79.9. The molecule has 1 heterocycles. The number of fused-ring (bicyclic) bond motifs is 1. The molecule has 4 rings (SSSR count). The van der Waals surface area contributed by atoms with Crippen LogP contribution in [0, 0.1) is 0 Å². The number of nitrogens with zero attached hydrogens (tertiary/aromatic N) is 1. The van der Waals surface area contributed by atoms with Crippen LogP contribution in [0.2, 0.25) is 0 Å². The van der Waals surface area contributed by atoms with Crippen LogP contribution >= 0.6 is 0 Å². The zero-order valence-corrected chi connectivity index (χ0v) is 20.1. The zero-order valence-electron chi connectivity index (χ0n) is 18.6. The van der Waals surface area contributed by atoms with Crippen molar-refractivity contribution in [3.05, 3.63) is 71.8 Å². The molecule has 0 saturated heterocycles. The number of halogens is 1. The first-order valence-corrected chi connectivity index (χ1v) is 10.0. The number of ether oxygens (including phenoxy) is 4. The van der Waals surface area contributed by atoms with Crippen LogP contribution in [0.5, 0.6) is 17.2 Å². The number of quaternary nitrogens is 1. The summed E-state index contributed by atoms with van der Waals surface area (Å²) in [5.74, 6) is 0.963. The molecular formula is C25H26BrNO5. The summed E-state index contributed by atoms with van der Waals surface area (Å²) in [4.78, 5) is 12.5. The van der Waals surface area contributed by atoms with Crippen molar-refractivity contribution in [2.24, 2.45) is 0 Å². The molecule has 0 unspecified atom stereocenters. The van der Waals surface area contributed by atoms with E-state index < -0.39 is 5.97 Å². The standard InChI is InChI=1S/C25H26NO5.BrH/c1-26(2,15-17-8-6-5-7-9-17)19-12-10-18(11-13-19)22-20(25(27)29-4)14-21-23(24(22)28-3)31-16-30-21;/h5-14H,15-16H2,1-4H3;1H/q+1;/p-1. The van der Waals surface area contributed by atoms with E-state index in [0.717, 1.165) is 17.8 Å². The molecule has 7 heteroatoms. The Labute approximate surface area is 198 Å². The van der Waals surface area contributed by atoms with Crippen LogP contribution in [0.3, 0.4) is 0 Å². The van der Waals surface area contributed by atoms with E-state index in [1.54, 1.807) is 13.2 Å². The molecule has 0 aliphatic carbocycles.